The van der Waals surface area contributed by atoms with E-state index in [1.807, 2.05) is 64.1 Å². The van der Waals surface area contributed by atoms with E-state index in [4.69, 9.17) is 9.47 Å². The van der Waals surface area contributed by atoms with Gasteiger partial charge in [0.25, 0.3) is 0 Å². The quantitative estimate of drug-likeness (QED) is 0.192. The summed E-state index contributed by atoms with van der Waals surface area (Å²) >= 11 is 0. The molecule has 2 saturated heterocycles. The maximum absolute atomic E-state index is 12.5. The number of rotatable bonds is 14. The van der Waals surface area contributed by atoms with E-state index >= 15 is 0 Å². The van der Waals surface area contributed by atoms with E-state index in [-0.39, 0.29) is 46.0 Å². The molecule has 244 valence electrons. The lowest BCUT2D eigenvalue weighted by molar-refractivity contribution is -0.942. The zero-order valence-corrected chi connectivity index (χ0v) is 27.0. The summed E-state index contributed by atoms with van der Waals surface area (Å²) in [5.41, 5.74) is 0. The molecule has 0 bridgehead atoms. The summed E-state index contributed by atoms with van der Waals surface area (Å²) in [4.78, 5) is 0. The largest absolute Gasteiger partial charge is 0.858 e. The molecule has 0 saturated carbocycles. The molecule has 2 atom stereocenters. The highest BCUT2D eigenvalue weighted by Crippen LogP contribution is 2.30. The number of fused-ring (bicyclic) bond motifs is 1. The molecule has 4 rings (SSSR count). The number of ether oxygens (including phenoxy) is 2. The Hall–Kier alpha value is -2.92. The van der Waals surface area contributed by atoms with Gasteiger partial charge in [-0.2, -0.15) is 9.18 Å². The van der Waals surface area contributed by atoms with Crippen molar-refractivity contribution in [2.24, 2.45) is 22.0 Å². The lowest BCUT2D eigenvalue weighted by Crippen LogP contribution is -2.53. The Morgan fingerprint density at radius 2 is 1.23 bits per heavy atom. The van der Waals surface area contributed by atoms with E-state index in [1.165, 1.54) is 0 Å². The normalized spacial score (nSPS) is 20.5. The van der Waals surface area contributed by atoms with Crippen LogP contribution in [0, 0.1) is 11.8 Å². The first kappa shape index (κ1) is 34.0. The van der Waals surface area contributed by atoms with Crippen LogP contribution in [0.1, 0.15) is 66.2 Å². The highest BCUT2D eigenvalue weighted by atomic mass is 16.5. The predicted octanol–water partition coefficient (Wildman–Crippen LogP) is 2.98. The summed E-state index contributed by atoms with van der Waals surface area (Å²) in [6.45, 7) is 11.3. The van der Waals surface area contributed by atoms with Crippen LogP contribution < -0.4 is 19.7 Å². The van der Waals surface area contributed by atoms with Crippen molar-refractivity contribution in [3.8, 4) is 11.5 Å². The topological polar surface area (TPSA) is 130 Å². The molecular weight excluding hydrogens is 560 g/mol. The van der Waals surface area contributed by atoms with Crippen molar-refractivity contribution in [1.29, 1.82) is 0 Å². The number of aliphatic hydroxyl groups is 2. The third-order valence-corrected chi connectivity index (χ3v) is 8.69. The molecule has 0 amide bonds. The first-order valence-electron chi connectivity index (χ1n) is 16.4. The van der Waals surface area contributed by atoms with Gasteiger partial charge >= 0.3 is 0 Å². The van der Waals surface area contributed by atoms with Crippen LogP contribution in [-0.4, -0.2) is 95.9 Å². The van der Waals surface area contributed by atoms with Crippen LogP contribution in [0.2, 0.25) is 0 Å². The van der Waals surface area contributed by atoms with Crippen LogP contribution in [0.4, 0.5) is 0 Å². The second-order valence-corrected chi connectivity index (χ2v) is 13.3. The molecule has 2 N–H and O–H groups in total. The van der Waals surface area contributed by atoms with Crippen molar-refractivity contribution in [2.75, 3.05) is 52.5 Å². The minimum atomic E-state index is -0.774. The van der Waals surface area contributed by atoms with Gasteiger partial charge in [-0.1, -0.05) is 39.8 Å². The van der Waals surface area contributed by atoms with E-state index in [2.05, 4.69) is 10.2 Å². The van der Waals surface area contributed by atoms with Gasteiger partial charge in [0.15, 0.2) is 0 Å². The summed E-state index contributed by atoms with van der Waals surface area (Å²) in [5, 5.41) is 57.6. The van der Waals surface area contributed by atoms with Gasteiger partial charge in [-0.25, -0.2) is 0 Å². The van der Waals surface area contributed by atoms with Gasteiger partial charge in [0.1, 0.15) is 76.2 Å². The van der Waals surface area contributed by atoms with Crippen LogP contribution in [0.5, 0.6) is 11.5 Å². The average molecular weight is 613 g/mol. The molecule has 10 nitrogen and oxygen atoms in total. The van der Waals surface area contributed by atoms with Gasteiger partial charge in [0, 0.05) is 17.2 Å². The maximum atomic E-state index is 12.5. The van der Waals surface area contributed by atoms with Crippen LogP contribution in [-0.2, 0) is 0 Å². The minimum Gasteiger partial charge on any atom is -0.858 e. The summed E-state index contributed by atoms with van der Waals surface area (Å²) in [6.07, 6.45) is 4.65. The molecule has 2 heterocycles. The van der Waals surface area contributed by atoms with Crippen molar-refractivity contribution < 1.29 is 39.1 Å². The number of nitrogens with zero attached hydrogens (tertiary/aromatic N) is 4. The lowest BCUT2D eigenvalue weighted by Gasteiger charge is -2.38. The fourth-order valence-corrected chi connectivity index (χ4v) is 6.21. The first-order chi connectivity index (χ1) is 21.0. The molecule has 44 heavy (non-hydrogen) atoms. The fraction of sp³-hybridized carbons (Fsp3) is 0.647. The summed E-state index contributed by atoms with van der Waals surface area (Å²) in [7, 11) is 0. The summed E-state index contributed by atoms with van der Waals surface area (Å²) in [5.74, 6) is 0.700. The molecule has 2 unspecified atom stereocenters. The van der Waals surface area contributed by atoms with Gasteiger partial charge in [-0.3, -0.25) is 0 Å². The van der Waals surface area contributed by atoms with Crippen molar-refractivity contribution in [2.45, 2.75) is 78.4 Å². The monoisotopic (exact) mass is 612 g/mol. The Bertz CT molecular complexity index is 1270. The van der Waals surface area contributed by atoms with E-state index in [9.17, 15) is 20.4 Å². The Balaban J connectivity index is 1.37. The molecule has 2 aromatic carbocycles. The van der Waals surface area contributed by atoms with Crippen LogP contribution in [0.15, 0.2) is 46.6 Å². The summed E-state index contributed by atoms with van der Waals surface area (Å²) in [6, 6.07) is 11.4. The highest BCUT2D eigenvalue weighted by Gasteiger charge is 2.34. The number of likely N-dealkylation sites (tertiary alicyclic amines) is 2. The predicted molar refractivity (Wildman–Crippen MR) is 169 cm³/mol. The standard InChI is InChI=1S/C34H52N4O6/c1-25(2)33(41)35-37(16-7-5-8-17-37)21-28(39)23-43-30-14-15-31-27(20-30)12-11-13-32(31)44-24-29(40)22-38(18-9-6-10-19-38)36-34(42)26(3)4/h11-15,20,25-26,28-29,39-40H,5-10,16-19,21-24H2,1-4H3. The third-order valence-electron chi connectivity index (χ3n) is 8.69. The number of piperidine rings is 2. The van der Waals surface area contributed by atoms with Crippen LogP contribution >= 0.6 is 0 Å². The molecule has 2 aromatic rings. The molecule has 0 aliphatic carbocycles. The van der Waals surface area contributed by atoms with Crippen molar-refractivity contribution in [3.63, 3.8) is 0 Å². The van der Waals surface area contributed by atoms with Crippen LogP contribution in [0.3, 0.4) is 0 Å². The number of benzene rings is 2. The Morgan fingerprint density at radius 3 is 1.73 bits per heavy atom. The van der Waals surface area contributed by atoms with Gasteiger partial charge in [-0.05, 0) is 80.0 Å². The number of quaternary nitrogens is 2. The average Bonchev–Trinajstić information content (AvgIpc) is 2.99. The van der Waals surface area contributed by atoms with E-state index in [0.717, 1.165) is 75.5 Å². The molecule has 0 aromatic heterocycles. The van der Waals surface area contributed by atoms with Crippen molar-refractivity contribution >= 4 is 22.6 Å². The minimum absolute atomic E-state index is 0.0965. The van der Waals surface area contributed by atoms with Gasteiger partial charge in [0.05, 0.1) is 0 Å². The van der Waals surface area contributed by atoms with E-state index < -0.39 is 12.2 Å². The molecule has 10 heteroatoms. The van der Waals surface area contributed by atoms with Crippen molar-refractivity contribution in [1.82, 2.24) is 0 Å². The lowest BCUT2D eigenvalue weighted by atomic mass is 10.1. The SMILES string of the molecule is CC(C)/C([O-])=N/[N+]1(CC(O)COc2ccc3c(OCC(O)C[N+]4(/N=C(\[O-])C(C)C)CCCCC4)cccc3c2)CCCCC1. The third kappa shape index (κ3) is 9.30. The van der Waals surface area contributed by atoms with Gasteiger partial charge in [0.2, 0.25) is 0 Å². The molecule has 0 radical (unpaired) electrons. The van der Waals surface area contributed by atoms with Crippen LogP contribution in [0.25, 0.3) is 10.8 Å². The zero-order valence-electron chi connectivity index (χ0n) is 27.0. The zero-order chi connectivity index (χ0) is 31.7. The Morgan fingerprint density at radius 1 is 0.727 bits per heavy atom. The second kappa shape index (κ2) is 15.4. The van der Waals surface area contributed by atoms with Gasteiger partial charge in [-0.15, -0.1) is 10.2 Å². The van der Waals surface area contributed by atoms with Gasteiger partial charge < -0.3 is 29.9 Å². The van der Waals surface area contributed by atoms with E-state index in [0.29, 0.717) is 24.6 Å². The number of hydrogen-bond donors (Lipinski definition) is 2. The number of aliphatic hydroxyl groups excluding tert-OH is 2. The smallest absolute Gasteiger partial charge is 0.139 e. The highest BCUT2D eigenvalue weighted by molar-refractivity contribution is 5.89. The van der Waals surface area contributed by atoms with Crippen molar-refractivity contribution in [3.05, 3.63) is 36.4 Å². The molecule has 2 fully saturated rings. The molecule has 2 aliphatic heterocycles. The Labute approximate surface area is 262 Å². The maximum Gasteiger partial charge on any atom is 0.139 e. The van der Waals surface area contributed by atoms with E-state index in [1.54, 1.807) is 0 Å². The fourth-order valence-electron chi connectivity index (χ4n) is 6.21. The molecule has 2 aliphatic rings. The molecule has 0 spiro atoms. The molecular formula is C34H52N4O6. The Kier molecular flexibility index (Phi) is 11.9. The number of hydrogen-bond acceptors (Lipinski definition) is 8. The second-order valence-electron chi connectivity index (χ2n) is 13.3. The first-order valence-corrected chi connectivity index (χ1v) is 16.4. The summed E-state index contributed by atoms with van der Waals surface area (Å²) < 4.78 is 12.6.